The van der Waals surface area contributed by atoms with E-state index in [2.05, 4.69) is 4.98 Å². The zero-order valence-electron chi connectivity index (χ0n) is 18.8. The Morgan fingerprint density at radius 2 is 1.76 bits per heavy atom. The van der Waals surface area contributed by atoms with E-state index in [-0.39, 0.29) is 17.7 Å². The normalized spacial score (nSPS) is 13.9. The molecule has 3 rings (SSSR count). The Morgan fingerprint density at radius 3 is 2.33 bits per heavy atom. The number of aliphatic carboxylic acids is 1. The van der Waals surface area contributed by atoms with Crippen LogP contribution in [0.1, 0.15) is 39.4 Å². The van der Waals surface area contributed by atoms with Gasteiger partial charge in [0.15, 0.2) is 0 Å². The molecule has 0 aliphatic carbocycles. The highest BCUT2D eigenvalue weighted by Crippen LogP contribution is 2.36. The molecule has 0 fully saturated rings. The lowest BCUT2D eigenvalue weighted by Crippen LogP contribution is -2.29. The van der Waals surface area contributed by atoms with Crippen molar-refractivity contribution in [3.8, 4) is 22.5 Å². The van der Waals surface area contributed by atoms with Gasteiger partial charge in [-0.05, 0) is 42.5 Å². The number of imidazole rings is 1. The van der Waals surface area contributed by atoms with Gasteiger partial charge in [-0.15, -0.1) is 0 Å². The summed E-state index contributed by atoms with van der Waals surface area (Å²) in [6, 6.07) is 9.74. The monoisotopic (exact) mass is 452 g/mol. The lowest BCUT2D eigenvalue weighted by Gasteiger charge is -2.19. The quantitative estimate of drug-likeness (QED) is 0.544. The number of benzene rings is 1. The van der Waals surface area contributed by atoms with Crippen LogP contribution in [-0.2, 0) is 10.2 Å². The second kappa shape index (κ2) is 10.1. The number of carboxylic acid groups (broad SMARTS) is 1. The van der Waals surface area contributed by atoms with Crippen molar-refractivity contribution in [1.82, 2.24) is 14.5 Å². The average Bonchev–Trinajstić information content (AvgIpc) is 3.13. The first kappa shape index (κ1) is 24.3. The maximum atomic E-state index is 13.6. The summed E-state index contributed by atoms with van der Waals surface area (Å²) in [7, 11) is 0. The molecule has 1 aromatic carbocycles. The van der Waals surface area contributed by atoms with E-state index in [1.165, 1.54) is 18.2 Å². The first-order valence-corrected chi connectivity index (χ1v) is 10.6. The van der Waals surface area contributed by atoms with E-state index >= 15 is 0 Å². The summed E-state index contributed by atoms with van der Waals surface area (Å²) in [6.07, 6.45) is 3.43. The molecule has 7 nitrogen and oxygen atoms in total. The topological polar surface area (TPSA) is 111 Å². The molecular formula is C25H27FN3O4-. The molecule has 2 atom stereocenters. The maximum absolute atomic E-state index is 13.6. The number of aliphatic hydroxyl groups excluding tert-OH is 2. The smallest absolute Gasteiger partial charge is 0.123 e. The number of carbonyl (C=O) groups is 1. The van der Waals surface area contributed by atoms with E-state index in [1.54, 1.807) is 30.7 Å². The number of aromatic nitrogens is 3. The van der Waals surface area contributed by atoms with Gasteiger partial charge in [-0.3, -0.25) is 4.98 Å². The Labute approximate surface area is 191 Å². The molecule has 0 amide bonds. The lowest BCUT2D eigenvalue weighted by atomic mass is 9.95. The summed E-state index contributed by atoms with van der Waals surface area (Å²) in [5.41, 5.74) is 2.54. The molecule has 174 valence electrons. The third-order valence-electron chi connectivity index (χ3n) is 5.03. The van der Waals surface area contributed by atoms with Crippen molar-refractivity contribution in [3.63, 3.8) is 0 Å². The predicted octanol–water partition coefficient (Wildman–Crippen LogP) is 2.77. The second-order valence-electron chi connectivity index (χ2n) is 8.87. The molecule has 0 saturated heterocycles. The van der Waals surface area contributed by atoms with Crippen molar-refractivity contribution in [1.29, 1.82) is 0 Å². The van der Waals surface area contributed by atoms with Crippen LogP contribution in [0, 0.1) is 5.82 Å². The highest BCUT2D eigenvalue weighted by molar-refractivity contribution is 5.80. The first-order chi connectivity index (χ1) is 15.6. The summed E-state index contributed by atoms with van der Waals surface area (Å²) in [4.78, 5) is 19.6. The molecule has 0 unspecified atom stereocenters. The number of hydrogen-bond donors (Lipinski definition) is 2. The molecule has 0 aliphatic rings. The summed E-state index contributed by atoms with van der Waals surface area (Å²) >= 11 is 0. The Hall–Kier alpha value is -3.36. The number of carbonyl (C=O) groups excluding carboxylic acids is 1. The van der Waals surface area contributed by atoms with Gasteiger partial charge in [0, 0.05) is 53.9 Å². The van der Waals surface area contributed by atoms with E-state index in [4.69, 9.17) is 4.98 Å². The molecule has 8 heteroatoms. The number of pyridine rings is 1. The Balaban J connectivity index is 2.12. The average molecular weight is 453 g/mol. The van der Waals surface area contributed by atoms with Crippen molar-refractivity contribution in [2.75, 3.05) is 0 Å². The Morgan fingerprint density at radius 1 is 1.12 bits per heavy atom. The van der Waals surface area contributed by atoms with Gasteiger partial charge in [0.05, 0.1) is 23.6 Å². The van der Waals surface area contributed by atoms with Crippen molar-refractivity contribution in [2.24, 2.45) is 0 Å². The van der Waals surface area contributed by atoms with Crippen molar-refractivity contribution in [3.05, 3.63) is 66.5 Å². The summed E-state index contributed by atoms with van der Waals surface area (Å²) in [6.45, 7) is 6.01. The number of halogens is 1. The second-order valence-corrected chi connectivity index (χ2v) is 8.87. The maximum Gasteiger partial charge on any atom is 0.123 e. The predicted molar refractivity (Wildman–Crippen MR) is 121 cm³/mol. The fourth-order valence-corrected chi connectivity index (χ4v) is 3.52. The molecule has 0 radical (unpaired) electrons. The zero-order chi connectivity index (χ0) is 24.2. The minimum atomic E-state index is -1.38. The van der Waals surface area contributed by atoms with Crippen molar-refractivity contribution < 1.29 is 24.5 Å². The Bertz CT molecular complexity index is 1120. The standard InChI is InChI=1S/C25H28FN3O4/c1-25(2,3)24-28-22(16-4-6-18(26)7-5-16)23(17-8-11-27-12-9-17)29(24)13-10-19(30)14-20(31)15-21(32)33/h4-13,19-20,30-31H,14-15H2,1-3H3,(H,32,33)/p-1/b13-10+/t19-,20-/m1/s1. The van der Waals surface area contributed by atoms with Crippen LogP contribution in [0.25, 0.3) is 28.7 Å². The van der Waals surface area contributed by atoms with E-state index in [0.29, 0.717) is 11.5 Å². The highest BCUT2D eigenvalue weighted by Gasteiger charge is 2.27. The summed E-state index contributed by atoms with van der Waals surface area (Å²) in [5.74, 6) is -1.03. The first-order valence-electron chi connectivity index (χ1n) is 10.6. The minimum absolute atomic E-state index is 0.153. The molecule has 0 spiro atoms. The van der Waals surface area contributed by atoms with Crippen LogP contribution in [0.3, 0.4) is 0 Å². The highest BCUT2D eigenvalue weighted by atomic mass is 19.1. The fourth-order valence-electron chi connectivity index (χ4n) is 3.52. The zero-order valence-corrected chi connectivity index (χ0v) is 18.8. The van der Waals surface area contributed by atoms with Crippen LogP contribution < -0.4 is 5.11 Å². The van der Waals surface area contributed by atoms with Crippen molar-refractivity contribution in [2.45, 2.75) is 51.2 Å². The lowest BCUT2D eigenvalue weighted by molar-refractivity contribution is -0.307. The molecule has 33 heavy (non-hydrogen) atoms. The van der Waals surface area contributed by atoms with Gasteiger partial charge >= 0.3 is 0 Å². The van der Waals surface area contributed by atoms with Crippen LogP contribution in [0.4, 0.5) is 4.39 Å². The third-order valence-corrected chi connectivity index (χ3v) is 5.03. The number of rotatable bonds is 8. The van der Waals surface area contributed by atoms with Gasteiger partial charge in [0.1, 0.15) is 11.6 Å². The van der Waals surface area contributed by atoms with Gasteiger partial charge in [-0.2, -0.15) is 0 Å². The van der Waals surface area contributed by atoms with Gasteiger partial charge < -0.3 is 24.7 Å². The fraction of sp³-hybridized carbons (Fsp3) is 0.320. The molecule has 0 aliphatic heterocycles. The number of hydrogen-bond acceptors (Lipinski definition) is 6. The van der Waals surface area contributed by atoms with Crippen LogP contribution in [0.5, 0.6) is 0 Å². The van der Waals surface area contributed by atoms with E-state index in [0.717, 1.165) is 16.8 Å². The van der Waals surface area contributed by atoms with Gasteiger partial charge in [0.2, 0.25) is 0 Å². The molecule has 2 aromatic heterocycles. The molecule has 2 N–H and O–H groups in total. The SMILES string of the molecule is CC(C)(C)c1nc(-c2ccc(F)cc2)c(-c2ccncc2)n1/C=C/[C@@H](O)C[C@@H](O)CC(=O)[O-]. The van der Waals surface area contributed by atoms with Gasteiger partial charge in [-0.1, -0.05) is 20.8 Å². The largest absolute Gasteiger partial charge is 0.550 e. The van der Waals surface area contributed by atoms with E-state index < -0.39 is 24.6 Å². The van der Waals surface area contributed by atoms with Crippen LogP contribution in [0.15, 0.2) is 54.9 Å². The van der Waals surface area contributed by atoms with E-state index in [1.807, 2.05) is 37.5 Å². The summed E-state index contributed by atoms with van der Waals surface area (Å²) < 4.78 is 15.4. The number of carboxylic acids is 1. The molecular weight excluding hydrogens is 425 g/mol. The van der Waals surface area contributed by atoms with Crippen LogP contribution in [0.2, 0.25) is 0 Å². The van der Waals surface area contributed by atoms with Crippen LogP contribution in [-0.4, -0.2) is 42.9 Å². The molecule has 3 aromatic rings. The number of nitrogens with zero attached hydrogens (tertiary/aromatic N) is 3. The molecule has 0 saturated carbocycles. The van der Waals surface area contributed by atoms with E-state index in [9.17, 15) is 24.5 Å². The summed E-state index contributed by atoms with van der Waals surface area (Å²) in [5, 5.41) is 30.8. The van der Waals surface area contributed by atoms with Gasteiger partial charge in [-0.25, -0.2) is 9.37 Å². The number of aliphatic hydroxyl groups is 2. The van der Waals surface area contributed by atoms with Crippen molar-refractivity contribution >= 4 is 12.2 Å². The minimum Gasteiger partial charge on any atom is -0.550 e. The van der Waals surface area contributed by atoms with Gasteiger partial charge in [0.25, 0.3) is 0 Å². The third kappa shape index (κ3) is 6.12. The molecule has 0 bridgehead atoms. The molecule has 2 heterocycles. The Kier molecular flexibility index (Phi) is 7.40. The van der Waals surface area contributed by atoms with Crippen LogP contribution >= 0.6 is 0 Å².